The van der Waals surface area contributed by atoms with Gasteiger partial charge >= 0.3 is 5.97 Å². The van der Waals surface area contributed by atoms with Gasteiger partial charge in [0, 0.05) is 5.56 Å². The molecule has 7 heteroatoms. The molecule has 0 amide bonds. The molecule has 0 saturated heterocycles. The van der Waals surface area contributed by atoms with Crippen LogP contribution in [0, 0.1) is 0 Å². The SMILES string of the molecule is CCOC(=O)C1=C(C)N=c2s/c(=C/c3ccc(C(C)C)cc3)c(=O)n2[C@H]1c1ccccc1OC(C)C. The van der Waals surface area contributed by atoms with Gasteiger partial charge < -0.3 is 9.47 Å². The molecule has 0 radical (unpaired) electrons. The van der Waals surface area contributed by atoms with Gasteiger partial charge in [-0.3, -0.25) is 9.36 Å². The van der Waals surface area contributed by atoms with Crippen LogP contribution in [0.3, 0.4) is 0 Å². The molecule has 1 aromatic heterocycles. The Morgan fingerprint density at radius 2 is 1.81 bits per heavy atom. The lowest BCUT2D eigenvalue weighted by Crippen LogP contribution is -2.40. The summed E-state index contributed by atoms with van der Waals surface area (Å²) in [6.45, 7) is 12.0. The molecule has 2 aromatic carbocycles. The fourth-order valence-corrected chi connectivity index (χ4v) is 5.33. The van der Waals surface area contributed by atoms with E-state index in [9.17, 15) is 9.59 Å². The van der Waals surface area contributed by atoms with Gasteiger partial charge in [0.15, 0.2) is 4.80 Å². The Labute approximate surface area is 215 Å². The molecule has 2 heterocycles. The number of carbonyl (C=O) groups excluding carboxylic acids is 1. The zero-order valence-electron chi connectivity index (χ0n) is 21.6. The molecule has 188 valence electrons. The Morgan fingerprint density at radius 1 is 1.11 bits per heavy atom. The summed E-state index contributed by atoms with van der Waals surface area (Å²) in [5.41, 5.74) is 3.57. The molecule has 0 unspecified atom stereocenters. The molecular formula is C29H32N2O4S. The summed E-state index contributed by atoms with van der Waals surface area (Å²) < 4.78 is 13.6. The monoisotopic (exact) mass is 504 g/mol. The number of thiazole rings is 1. The van der Waals surface area contributed by atoms with Crippen molar-refractivity contribution in [1.29, 1.82) is 0 Å². The predicted octanol–water partition coefficient (Wildman–Crippen LogP) is 4.71. The lowest BCUT2D eigenvalue weighted by Gasteiger charge is -2.26. The van der Waals surface area contributed by atoms with E-state index in [0.717, 1.165) is 11.1 Å². The molecule has 36 heavy (non-hydrogen) atoms. The second-order valence-electron chi connectivity index (χ2n) is 9.33. The molecule has 1 aliphatic rings. The molecule has 0 N–H and O–H groups in total. The third-order valence-electron chi connectivity index (χ3n) is 5.99. The molecule has 0 spiro atoms. The maximum atomic E-state index is 13.8. The van der Waals surface area contributed by atoms with Gasteiger partial charge in [-0.2, -0.15) is 0 Å². The van der Waals surface area contributed by atoms with Crippen LogP contribution in [-0.4, -0.2) is 23.2 Å². The first-order valence-electron chi connectivity index (χ1n) is 12.3. The molecule has 3 aromatic rings. The van der Waals surface area contributed by atoms with E-state index in [2.05, 4.69) is 31.0 Å². The number of aromatic nitrogens is 1. The van der Waals surface area contributed by atoms with Crippen LogP contribution >= 0.6 is 11.3 Å². The van der Waals surface area contributed by atoms with Crippen molar-refractivity contribution in [3.63, 3.8) is 0 Å². The minimum Gasteiger partial charge on any atom is -0.491 e. The Kier molecular flexibility index (Phi) is 7.59. The molecular weight excluding hydrogens is 472 g/mol. The summed E-state index contributed by atoms with van der Waals surface area (Å²) in [6.07, 6.45) is 1.80. The lowest BCUT2D eigenvalue weighted by molar-refractivity contribution is -0.139. The van der Waals surface area contributed by atoms with Crippen molar-refractivity contribution < 1.29 is 14.3 Å². The van der Waals surface area contributed by atoms with Gasteiger partial charge in [-0.05, 0) is 56.9 Å². The molecule has 1 aliphatic heterocycles. The second kappa shape index (κ2) is 10.7. The Balaban J connectivity index is 1.93. The largest absolute Gasteiger partial charge is 0.491 e. The van der Waals surface area contributed by atoms with Crippen molar-refractivity contribution in [2.75, 3.05) is 6.61 Å². The first kappa shape index (κ1) is 25.6. The van der Waals surface area contributed by atoms with Crippen LogP contribution in [0.5, 0.6) is 5.75 Å². The quantitative estimate of drug-likeness (QED) is 0.437. The number of ether oxygens (including phenoxy) is 2. The Morgan fingerprint density at radius 3 is 2.44 bits per heavy atom. The van der Waals surface area contributed by atoms with E-state index in [-0.39, 0.29) is 18.3 Å². The van der Waals surface area contributed by atoms with E-state index in [1.807, 2.05) is 56.3 Å². The van der Waals surface area contributed by atoms with Gasteiger partial charge in [0.2, 0.25) is 0 Å². The highest BCUT2D eigenvalue weighted by molar-refractivity contribution is 7.07. The van der Waals surface area contributed by atoms with E-state index in [0.29, 0.717) is 32.3 Å². The fraction of sp³-hybridized carbons (Fsp3) is 0.345. The predicted molar refractivity (Wildman–Crippen MR) is 143 cm³/mol. The summed E-state index contributed by atoms with van der Waals surface area (Å²) in [5.74, 6) is 0.566. The van der Waals surface area contributed by atoms with Gasteiger partial charge in [-0.15, -0.1) is 0 Å². The molecule has 0 aliphatic carbocycles. The second-order valence-corrected chi connectivity index (χ2v) is 10.3. The van der Waals surface area contributed by atoms with Crippen molar-refractivity contribution in [3.05, 3.63) is 96.2 Å². The molecule has 1 atom stereocenters. The summed E-state index contributed by atoms with van der Waals surface area (Å²) in [4.78, 5) is 32.1. The Hall–Kier alpha value is -3.45. The van der Waals surface area contributed by atoms with E-state index >= 15 is 0 Å². The third-order valence-corrected chi connectivity index (χ3v) is 6.98. The van der Waals surface area contributed by atoms with E-state index in [4.69, 9.17) is 9.47 Å². The van der Waals surface area contributed by atoms with Gasteiger partial charge in [0.1, 0.15) is 11.8 Å². The van der Waals surface area contributed by atoms with E-state index in [1.54, 1.807) is 18.4 Å². The molecule has 0 bridgehead atoms. The highest BCUT2D eigenvalue weighted by Crippen LogP contribution is 2.36. The van der Waals surface area contributed by atoms with E-state index < -0.39 is 12.0 Å². The van der Waals surface area contributed by atoms with Crippen LogP contribution in [-0.2, 0) is 9.53 Å². The number of rotatable bonds is 7. The minimum atomic E-state index is -0.708. The standard InChI is InChI=1S/C29H32N2O4S/c1-7-34-28(33)25-19(6)30-29-31(26(25)22-10-8-9-11-23(22)35-18(4)5)27(32)24(36-29)16-20-12-14-21(15-13-20)17(2)3/h8-18,26H,7H2,1-6H3/b24-16+/t26-/m0/s1. The van der Waals surface area contributed by atoms with Crippen molar-refractivity contribution in [2.24, 2.45) is 4.99 Å². The number of hydrogen-bond acceptors (Lipinski definition) is 6. The maximum Gasteiger partial charge on any atom is 0.338 e. The number of carbonyl (C=O) groups is 1. The lowest BCUT2D eigenvalue weighted by atomic mass is 9.95. The van der Waals surface area contributed by atoms with Crippen molar-refractivity contribution in [3.8, 4) is 5.75 Å². The number of allylic oxidation sites excluding steroid dienone is 1. The highest BCUT2D eigenvalue weighted by atomic mass is 32.1. The number of nitrogens with zero attached hydrogens (tertiary/aromatic N) is 2. The molecule has 0 fully saturated rings. The van der Waals surface area contributed by atoms with Crippen LogP contribution in [0.2, 0.25) is 0 Å². The first-order chi connectivity index (χ1) is 17.2. The number of fused-ring (bicyclic) bond motifs is 1. The summed E-state index contributed by atoms with van der Waals surface area (Å²) in [7, 11) is 0. The third kappa shape index (κ3) is 5.07. The molecule has 4 rings (SSSR count). The summed E-state index contributed by atoms with van der Waals surface area (Å²) in [6, 6.07) is 15.0. The minimum absolute atomic E-state index is 0.0769. The zero-order valence-corrected chi connectivity index (χ0v) is 22.4. The van der Waals surface area contributed by atoms with Gasteiger partial charge in [-0.25, -0.2) is 9.79 Å². The van der Waals surface area contributed by atoms with Crippen molar-refractivity contribution in [2.45, 2.75) is 59.6 Å². The summed E-state index contributed by atoms with van der Waals surface area (Å²) in [5, 5.41) is 0. The van der Waals surface area contributed by atoms with Crippen LogP contribution in [0.4, 0.5) is 0 Å². The van der Waals surface area contributed by atoms with Crippen LogP contribution in [0.15, 0.2) is 69.6 Å². The highest BCUT2D eigenvalue weighted by Gasteiger charge is 2.35. The molecule has 0 saturated carbocycles. The number of para-hydroxylation sites is 1. The number of esters is 1. The van der Waals surface area contributed by atoms with Crippen LogP contribution in [0.25, 0.3) is 6.08 Å². The zero-order chi connectivity index (χ0) is 26.0. The Bertz CT molecular complexity index is 1480. The maximum absolute atomic E-state index is 13.8. The fourth-order valence-electron chi connectivity index (χ4n) is 4.28. The smallest absolute Gasteiger partial charge is 0.338 e. The summed E-state index contributed by atoms with van der Waals surface area (Å²) >= 11 is 1.32. The number of hydrogen-bond donors (Lipinski definition) is 0. The average molecular weight is 505 g/mol. The number of benzene rings is 2. The van der Waals surface area contributed by atoms with E-state index in [1.165, 1.54) is 16.9 Å². The van der Waals surface area contributed by atoms with Gasteiger partial charge in [-0.1, -0.05) is 67.6 Å². The van der Waals surface area contributed by atoms with Crippen molar-refractivity contribution >= 4 is 23.4 Å². The van der Waals surface area contributed by atoms with Crippen LogP contribution < -0.4 is 19.6 Å². The molecule has 6 nitrogen and oxygen atoms in total. The first-order valence-corrected chi connectivity index (χ1v) is 13.1. The normalized spacial score (nSPS) is 15.8. The van der Waals surface area contributed by atoms with Gasteiger partial charge in [0.25, 0.3) is 5.56 Å². The average Bonchev–Trinajstić information content (AvgIpc) is 3.13. The topological polar surface area (TPSA) is 69.9 Å². The van der Waals surface area contributed by atoms with Crippen LogP contribution in [0.1, 0.15) is 70.2 Å². The van der Waals surface area contributed by atoms with Crippen molar-refractivity contribution in [1.82, 2.24) is 4.57 Å². The van der Waals surface area contributed by atoms with Gasteiger partial charge in [0.05, 0.1) is 28.5 Å².